The third-order valence-electron chi connectivity index (χ3n) is 8.01. The molecule has 0 unspecified atom stereocenters. The first-order valence-electron chi connectivity index (χ1n) is 13.8. The summed E-state index contributed by atoms with van der Waals surface area (Å²) in [5, 5.41) is 0. The van der Waals surface area contributed by atoms with Crippen molar-refractivity contribution in [2.45, 2.75) is 62.4 Å². The third-order valence-corrected chi connectivity index (χ3v) is 9.48. The SMILES string of the molecule is C[C@H](CC(=O)N(Cc1nccn1C)c1ccc2c(c1)[C@H](NS(=O)(=O)c1cccc(F)c1)CC2(C)C)c1ccc(F)cc1. The number of carbonyl (C=O) groups is 1. The number of imidazole rings is 1. The van der Waals surface area contributed by atoms with Crippen LogP contribution in [-0.2, 0) is 33.8 Å². The quantitative estimate of drug-likeness (QED) is 0.254. The van der Waals surface area contributed by atoms with E-state index in [1.54, 1.807) is 23.2 Å². The zero-order valence-electron chi connectivity index (χ0n) is 24.0. The summed E-state index contributed by atoms with van der Waals surface area (Å²) in [4.78, 5) is 19.8. The van der Waals surface area contributed by atoms with Crippen LogP contribution < -0.4 is 9.62 Å². The van der Waals surface area contributed by atoms with Gasteiger partial charge in [0.25, 0.3) is 0 Å². The molecule has 7 nitrogen and oxygen atoms in total. The lowest BCUT2D eigenvalue weighted by Gasteiger charge is -2.26. The molecule has 1 aliphatic rings. The Morgan fingerprint density at radius 2 is 1.83 bits per heavy atom. The van der Waals surface area contributed by atoms with E-state index in [4.69, 9.17) is 0 Å². The smallest absolute Gasteiger partial charge is 0.241 e. The fourth-order valence-corrected chi connectivity index (χ4v) is 6.89. The molecule has 1 N–H and O–H groups in total. The van der Waals surface area contributed by atoms with Crippen LogP contribution >= 0.6 is 0 Å². The lowest BCUT2D eigenvalue weighted by Crippen LogP contribution is -2.32. The predicted molar refractivity (Wildman–Crippen MR) is 157 cm³/mol. The van der Waals surface area contributed by atoms with Gasteiger partial charge in [0, 0.05) is 37.6 Å². The standard InChI is InChI=1S/C32H34F2N4O3S/c1-21(22-8-10-23(33)11-9-22)16-31(39)38(20-30-35-14-15-37(30)4)25-12-13-28-27(18-25)29(19-32(28,2)3)36-42(40,41)26-7-5-6-24(34)17-26/h5-15,17-18,21,29,36H,16,19-20H2,1-4H3/t21-,29-/m1/s1. The van der Waals surface area contributed by atoms with Gasteiger partial charge in [-0.15, -0.1) is 0 Å². The average molecular weight is 593 g/mol. The number of anilines is 1. The Kier molecular flexibility index (Phi) is 8.04. The van der Waals surface area contributed by atoms with E-state index in [1.165, 1.54) is 30.3 Å². The zero-order valence-corrected chi connectivity index (χ0v) is 24.8. The van der Waals surface area contributed by atoms with Crippen molar-refractivity contribution < 1.29 is 22.0 Å². The Morgan fingerprint density at radius 3 is 2.50 bits per heavy atom. The second kappa shape index (κ2) is 11.4. The van der Waals surface area contributed by atoms with E-state index in [0.717, 1.165) is 22.8 Å². The first-order chi connectivity index (χ1) is 19.8. The second-order valence-corrected chi connectivity index (χ2v) is 13.3. The van der Waals surface area contributed by atoms with E-state index < -0.39 is 21.9 Å². The highest BCUT2D eigenvalue weighted by Crippen LogP contribution is 2.46. The van der Waals surface area contributed by atoms with Crippen molar-refractivity contribution in [2.75, 3.05) is 4.90 Å². The number of aryl methyl sites for hydroxylation is 1. The Labute approximate surface area is 245 Å². The maximum atomic E-state index is 13.9. The molecule has 220 valence electrons. The van der Waals surface area contributed by atoms with Crippen molar-refractivity contribution >= 4 is 21.6 Å². The highest BCUT2D eigenvalue weighted by atomic mass is 32.2. The number of benzene rings is 3. The van der Waals surface area contributed by atoms with Gasteiger partial charge in [-0.05, 0) is 76.9 Å². The van der Waals surface area contributed by atoms with Crippen LogP contribution in [0.3, 0.4) is 0 Å². The lowest BCUT2D eigenvalue weighted by atomic mass is 9.86. The number of sulfonamides is 1. The summed E-state index contributed by atoms with van der Waals surface area (Å²) in [6.45, 7) is 6.22. The lowest BCUT2D eigenvalue weighted by molar-refractivity contribution is -0.119. The van der Waals surface area contributed by atoms with Crippen molar-refractivity contribution in [3.63, 3.8) is 0 Å². The van der Waals surface area contributed by atoms with Gasteiger partial charge in [-0.3, -0.25) is 4.79 Å². The molecule has 42 heavy (non-hydrogen) atoms. The number of halogens is 2. The summed E-state index contributed by atoms with van der Waals surface area (Å²) in [6, 6.07) is 16.2. The van der Waals surface area contributed by atoms with Crippen molar-refractivity contribution in [3.05, 3.63) is 113 Å². The fraction of sp³-hybridized carbons (Fsp3) is 0.312. The first-order valence-corrected chi connectivity index (χ1v) is 15.3. The minimum Gasteiger partial charge on any atom is -0.337 e. The van der Waals surface area contributed by atoms with Gasteiger partial charge in [0.15, 0.2) is 0 Å². The molecule has 0 saturated heterocycles. The molecule has 0 fully saturated rings. The molecule has 3 aromatic carbocycles. The number of rotatable bonds is 9. The van der Waals surface area contributed by atoms with Crippen LogP contribution in [0.15, 0.2) is 84.0 Å². The molecule has 0 spiro atoms. The van der Waals surface area contributed by atoms with Crippen LogP contribution in [-0.4, -0.2) is 23.9 Å². The highest BCUT2D eigenvalue weighted by Gasteiger charge is 2.39. The number of amides is 1. The summed E-state index contributed by atoms with van der Waals surface area (Å²) in [5.74, 6) is -0.602. The molecule has 2 atom stereocenters. The van der Waals surface area contributed by atoms with Gasteiger partial charge >= 0.3 is 0 Å². The van der Waals surface area contributed by atoms with Gasteiger partial charge in [-0.2, -0.15) is 0 Å². The topological polar surface area (TPSA) is 84.3 Å². The first kappa shape index (κ1) is 29.6. The number of hydrogen-bond donors (Lipinski definition) is 1. The monoisotopic (exact) mass is 592 g/mol. The minimum atomic E-state index is -4.02. The van der Waals surface area contributed by atoms with Crippen molar-refractivity contribution in [1.29, 1.82) is 0 Å². The molecule has 4 aromatic rings. The molecule has 1 aromatic heterocycles. The van der Waals surface area contributed by atoms with Crippen LogP contribution in [0.1, 0.15) is 68.1 Å². The molecular formula is C32H34F2N4O3S. The Balaban J connectivity index is 1.49. The van der Waals surface area contributed by atoms with Crippen LogP contribution in [0, 0.1) is 11.6 Å². The van der Waals surface area contributed by atoms with E-state index >= 15 is 0 Å². The van der Waals surface area contributed by atoms with Crippen LogP contribution in [0.25, 0.3) is 0 Å². The van der Waals surface area contributed by atoms with E-state index in [9.17, 15) is 22.0 Å². The Morgan fingerprint density at radius 1 is 1.10 bits per heavy atom. The number of nitrogens with zero attached hydrogens (tertiary/aromatic N) is 3. The molecule has 1 heterocycles. The molecule has 1 amide bonds. The number of carbonyl (C=O) groups excluding carboxylic acids is 1. The normalized spacial score (nSPS) is 16.7. The van der Waals surface area contributed by atoms with Gasteiger partial charge in [-0.25, -0.2) is 26.9 Å². The van der Waals surface area contributed by atoms with Crippen molar-refractivity contribution in [2.24, 2.45) is 7.05 Å². The van der Waals surface area contributed by atoms with E-state index in [-0.39, 0.29) is 40.9 Å². The number of aromatic nitrogens is 2. The van der Waals surface area contributed by atoms with Crippen LogP contribution in [0.2, 0.25) is 0 Å². The Bertz CT molecular complexity index is 1720. The molecule has 1 aliphatic carbocycles. The summed E-state index contributed by atoms with van der Waals surface area (Å²) >= 11 is 0. The molecule has 0 saturated carbocycles. The maximum Gasteiger partial charge on any atom is 0.241 e. The van der Waals surface area contributed by atoms with Gasteiger partial charge in [-0.1, -0.05) is 45.0 Å². The van der Waals surface area contributed by atoms with Gasteiger partial charge in [0.2, 0.25) is 15.9 Å². The molecule has 0 radical (unpaired) electrons. The van der Waals surface area contributed by atoms with Crippen molar-refractivity contribution in [1.82, 2.24) is 14.3 Å². The van der Waals surface area contributed by atoms with Crippen LogP contribution in [0.5, 0.6) is 0 Å². The third kappa shape index (κ3) is 6.15. The van der Waals surface area contributed by atoms with Gasteiger partial charge < -0.3 is 9.47 Å². The zero-order chi connectivity index (χ0) is 30.2. The van der Waals surface area contributed by atoms with Crippen molar-refractivity contribution in [3.8, 4) is 0 Å². The highest BCUT2D eigenvalue weighted by molar-refractivity contribution is 7.89. The number of nitrogens with one attached hydrogen (secondary N) is 1. The van der Waals surface area contributed by atoms with E-state index in [0.29, 0.717) is 17.9 Å². The summed E-state index contributed by atoms with van der Waals surface area (Å²) in [7, 11) is -2.16. The predicted octanol–water partition coefficient (Wildman–Crippen LogP) is 6.13. The molecule has 0 aliphatic heterocycles. The maximum absolute atomic E-state index is 13.9. The average Bonchev–Trinajstić information content (AvgIpc) is 3.45. The fourth-order valence-electron chi connectivity index (χ4n) is 5.64. The molecular weight excluding hydrogens is 558 g/mol. The summed E-state index contributed by atoms with van der Waals surface area (Å²) in [6.07, 6.45) is 4.15. The molecule has 0 bridgehead atoms. The second-order valence-electron chi connectivity index (χ2n) is 11.6. The van der Waals surface area contributed by atoms with Crippen LogP contribution in [0.4, 0.5) is 14.5 Å². The molecule has 5 rings (SSSR count). The minimum absolute atomic E-state index is 0.147. The Hall–Kier alpha value is -3.89. The largest absolute Gasteiger partial charge is 0.337 e. The van der Waals surface area contributed by atoms with E-state index in [1.807, 2.05) is 56.8 Å². The van der Waals surface area contributed by atoms with Gasteiger partial charge in [0.05, 0.1) is 11.4 Å². The number of hydrogen-bond acceptors (Lipinski definition) is 4. The number of fused-ring (bicyclic) bond motifs is 1. The van der Waals surface area contributed by atoms with E-state index in [2.05, 4.69) is 9.71 Å². The molecule has 10 heteroatoms. The van der Waals surface area contributed by atoms with Gasteiger partial charge in [0.1, 0.15) is 17.5 Å². The summed E-state index contributed by atoms with van der Waals surface area (Å²) in [5.41, 5.74) is 2.86. The summed E-state index contributed by atoms with van der Waals surface area (Å²) < 4.78 is 58.4.